The molecule has 0 heterocycles. The van der Waals surface area contributed by atoms with Gasteiger partial charge in [0.15, 0.2) is 0 Å². The number of nitrogens with zero attached hydrogens (tertiary/aromatic N) is 1. The van der Waals surface area contributed by atoms with Crippen molar-refractivity contribution in [3.05, 3.63) is 54.6 Å². The van der Waals surface area contributed by atoms with Crippen LogP contribution in [0.5, 0.6) is 0 Å². The molecule has 0 aliphatic carbocycles. The van der Waals surface area contributed by atoms with Crippen molar-refractivity contribution < 1.29 is 0 Å². The first-order chi connectivity index (χ1) is 7.67. The van der Waals surface area contributed by atoms with Crippen molar-refractivity contribution in [3.63, 3.8) is 0 Å². The molecule has 0 aromatic heterocycles. The van der Waals surface area contributed by atoms with E-state index in [-0.39, 0.29) is 0 Å². The second-order valence-electron chi connectivity index (χ2n) is 3.96. The van der Waals surface area contributed by atoms with Gasteiger partial charge >= 0.3 is 0 Å². The maximum absolute atomic E-state index is 5.79. The van der Waals surface area contributed by atoms with Gasteiger partial charge in [-0.15, -0.1) is 13.2 Å². The fraction of sp³-hybridized carbons (Fsp3) is 0.286. The highest BCUT2D eigenvalue weighted by atomic mass is 15.1. The van der Waals surface area contributed by atoms with E-state index in [1.165, 1.54) is 5.56 Å². The first kappa shape index (κ1) is 12.5. The largest absolute Gasteiger partial charge is 0.399 e. The van der Waals surface area contributed by atoms with Crippen molar-refractivity contribution in [3.8, 4) is 0 Å². The van der Waals surface area contributed by atoms with Gasteiger partial charge in [-0.3, -0.25) is 4.90 Å². The Morgan fingerprint density at radius 2 is 1.88 bits per heavy atom. The van der Waals surface area contributed by atoms with Crippen LogP contribution in [-0.4, -0.2) is 18.0 Å². The van der Waals surface area contributed by atoms with Crippen LogP contribution in [-0.2, 0) is 6.54 Å². The SMILES string of the molecule is C=CCN(CC=C)Cc1ccc(N)c(C)c1. The summed E-state index contributed by atoms with van der Waals surface area (Å²) in [6, 6.07) is 6.17. The van der Waals surface area contributed by atoms with Crippen molar-refractivity contribution in [2.45, 2.75) is 13.5 Å². The fourth-order valence-electron chi connectivity index (χ4n) is 1.66. The third-order valence-electron chi connectivity index (χ3n) is 2.51. The van der Waals surface area contributed by atoms with Gasteiger partial charge in [0.25, 0.3) is 0 Å². The van der Waals surface area contributed by atoms with Crippen LogP contribution in [0.2, 0.25) is 0 Å². The summed E-state index contributed by atoms with van der Waals surface area (Å²) in [6.45, 7) is 12.2. The molecule has 0 aliphatic rings. The minimum Gasteiger partial charge on any atom is -0.399 e. The van der Waals surface area contributed by atoms with Crippen LogP contribution in [0, 0.1) is 6.92 Å². The predicted octanol–water partition coefficient (Wildman–Crippen LogP) is 2.75. The van der Waals surface area contributed by atoms with Crippen LogP contribution in [0.4, 0.5) is 5.69 Å². The molecule has 0 bridgehead atoms. The molecule has 1 rings (SSSR count). The van der Waals surface area contributed by atoms with Crippen LogP contribution in [0.1, 0.15) is 11.1 Å². The topological polar surface area (TPSA) is 29.3 Å². The molecule has 16 heavy (non-hydrogen) atoms. The molecule has 0 fully saturated rings. The first-order valence-electron chi connectivity index (χ1n) is 5.46. The second-order valence-corrected chi connectivity index (χ2v) is 3.96. The maximum Gasteiger partial charge on any atom is 0.0343 e. The highest BCUT2D eigenvalue weighted by molar-refractivity contribution is 5.47. The number of nitrogens with two attached hydrogens (primary N) is 1. The zero-order valence-electron chi connectivity index (χ0n) is 9.95. The van der Waals surface area contributed by atoms with Gasteiger partial charge in [-0.05, 0) is 24.1 Å². The van der Waals surface area contributed by atoms with E-state index in [0.717, 1.165) is 30.9 Å². The van der Waals surface area contributed by atoms with E-state index in [1.807, 2.05) is 25.1 Å². The van der Waals surface area contributed by atoms with Crippen molar-refractivity contribution in [2.75, 3.05) is 18.8 Å². The van der Waals surface area contributed by atoms with E-state index in [0.29, 0.717) is 0 Å². The standard InChI is InChI=1S/C14H20N2/c1-4-8-16(9-5-2)11-13-6-7-14(15)12(3)10-13/h4-7,10H,1-2,8-9,11,15H2,3H3. The summed E-state index contributed by atoms with van der Waals surface area (Å²) in [4.78, 5) is 2.27. The molecule has 0 radical (unpaired) electrons. The quantitative estimate of drug-likeness (QED) is 0.585. The zero-order valence-corrected chi connectivity index (χ0v) is 9.95. The van der Waals surface area contributed by atoms with Crippen LogP contribution >= 0.6 is 0 Å². The zero-order chi connectivity index (χ0) is 12.0. The number of hydrogen-bond acceptors (Lipinski definition) is 2. The summed E-state index contributed by atoms with van der Waals surface area (Å²) < 4.78 is 0. The maximum atomic E-state index is 5.79. The Morgan fingerprint density at radius 3 is 2.38 bits per heavy atom. The van der Waals surface area contributed by atoms with Crippen LogP contribution in [0.3, 0.4) is 0 Å². The van der Waals surface area contributed by atoms with Gasteiger partial charge in [-0.2, -0.15) is 0 Å². The summed E-state index contributed by atoms with van der Waals surface area (Å²) in [5.74, 6) is 0. The Hall–Kier alpha value is -1.54. The van der Waals surface area contributed by atoms with Crippen molar-refractivity contribution in [2.24, 2.45) is 0 Å². The molecule has 1 aromatic rings. The smallest absolute Gasteiger partial charge is 0.0343 e. The van der Waals surface area contributed by atoms with E-state index in [1.54, 1.807) is 0 Å². The van der Waals surface area contributed by atoms with Gasteiger partial charge in [-0.25, -0.2) is 0 Å². The number of aryl methyl sites for hydroxylation is 1. The van der Waals surface area contributed by atoms with Crippen molar-refractivity contribution in [1.29, 1.82) is 0 Å². The van der Waals surface area contributed by atoms with Gasteiger partial charge in [0.05, 0.1) is 0 Å². The molecule has 86 valence electrons. The molecule has 2 nitrogen and oxygen atoms in total. The Balaban J connectivity index is 2.72. The van der Waals surface area contributed by atoms with E-state index >= 15 is 0 Å². The minimum atomic E-state index is 0.850. The van der Waals surface area contributed by atoms with Gasteiger partial charge in [0, 0.05) is 25.3 Å². The van der Waals surface area contributed by atoms with E-state index in [9.17, 15) is 0 Å². The number of benzene rings is 1. The molecule has 0 aliphatic heterocycles. The minimum absolute atomic E-state index is 0.850. The Morgan fingerprint density at radius 1 is 1.25 bits per heavy atom. The third-order valence-corrected chi connectivity index (χ3v) is 2.51. The first-order valence-corrected chi connectivity index (χ1v) is 5.46. The summed E-state index contributed by atoms with van der Waals surface area (Å²) in [5.41, 5.74) is 9.05. The Labute approximate surface area is 98.1 Å². The highest BCUT2D eigenvalue weighted by Crippen LogP contribution is 2.14. The molecule has 2 N–H and O–H groups in total. The molecule has 0 spiro atoms. The summed E-state index contributed by atoms with van der Waals surface area (Å²) in [5, 5.41) is 0. The average molecular weight is 216 g/mol. The number of nitrogen functional groups attached to an aromatic ring is 1. The van der Waals surface area contributed by atoms with Crippen LogP contribution < -0.4 is 5.73 Å². The van der Waals surface area contributed by atoms with E-state index in [2.05, 4.69) is 30.2 Å². The molecule has 0 atom stereocenters. The van der Waals surface area contributed by atoms with E-state index < -0.39 is 0 Å². The van der Waals surface area contributed by atoms with E-state index in [4.69, 9.17) is 5.73 Å². The summed E-state index contributed by atoms with van der Waals surface area (Å²) >= 11 is 0. The number of anilines is 1. The fourth-order valence-corrected chi connectivity index (χ4v) is 1.66. The second kappa shape index (κ2) is 6.13. The normalized spacial score (nSPS) is 10.4. The van der Waals surface area contributed by atoms with Gasteiger partial charge < -0.3 is 5.73 Å². The highest BCUT2D eigenvalue weighted by Gasteiger charge is 2.03. The molecule has 1 aromatic carbocycles. The van der Waals surface area contributed by atoms with Crippen molar-refractivity contribution in [1.82, 2.24) is 4.90 Å². The lowest BCUT2D eigenvalue weighted by molar-refractivity contribution is 0.328. The molecular formula is C14H20N2. The monoisotopic (exact) mass is 216 g/mol. The molecule has 0 unspecified atom stereocenters. The van der Waals surface area contributed by atoms with Crippen molar-refractivity contribution >= 4 is 5.69 Å². The summed E-state index contributed by atoms with van der Waals surface area (Å²) in [6.07, 6.45) is 3.82. The van der Waals surface area contributed by atoms with Gasteiger partial charge in [0.1, 0.15) is 0 Å². The Bertz CT molecular complexity index is 359. The molecule has 0 saturated carbocycles. The third kappa shape index (κ3) is 3.55. The molecule has 2 heteroatoms. The lowest BCUT2D eigenvalue weighted by Crippen LogP contribution is -2.23. The predicted molar refractivity (Wildman–Crippen MR) is 71.3 cm³/mol. The average Bonchev–Trinajstić information content (AvgIpc) is 2.24. The molecular weight excluding hydrogens is 196 g/mol. The number of rotatable bonds is 6. The van der Waals surface area contributed by atoms with Gasteiger partial charge in [-0.1, -0.05) is 24.3 Å². The van der Waals surface area contributed by atoms with Crippen LogP contribution in [0.25, 0.3) is 0 Å². The Kier molecular flexibility index (Phi) is 4.80. The molecule has 0 amide bonds. The van der Waals surface area contributed by atoms with Gasteiger partial charge in [0.2, 0.25) is 0 Å². The summed E-state index contributed by atoms with van der Waals surface area (Å²) in [7, 11) is 0. The lowest BCUT2D eigenvalue weighted by Gasteiger charge is -2.19. The lowest BCUT2D eigenvalue weighted by atomic mass is 10.1. The molecule has 0 saturated heterocycles. The van der Waals surface area contributed by atoms with Crippen LogP contribution in [0.15, 0.2) is 43.5 Å². The number of hydrogen-bond donors (Lipinski definition) is 1.